The Morgan fingerprint density at radius 1 is 1.19 bits per heavy atom. The van der Waals surface area contributed by atoms with E-state index in [2.05, 4.69) is 0 Å². The lowest BCUT2D eigenvalue weighted by Crippen LogP contribution is -2.33. The summed E-state index contributed by atoms with van der Waals surface area (Å²) in [5.41, 5.74) is -0.277. The van der Waals surface area contributed by atoms with Crippen molar-refractivity contribution in [1.82, 2.24) is 4.90 Å². The molecular weight excluding hydrogens is 394 g/mol. The van der Waals surface area contributed by atoms with E-state index >= 15 is 0 Å². The molecule has 0 radical (unpaired) electrons. The van der Waals surface area contributed by atoms with E-state index in [-0.39, 0.29) is 46.1 Å². The number of carbonyl (C=O) groups excluding carboxylic acids is 2. The maximum absolute atomic E-state index is 13.5. The number of benzene rings is 1. The van der Waals surface area contributed by atoms with Gasteiger partial charge in [0.15, 0.2) is 11.6 Å². The number of ketones is 2. The van der Waals surface area contributed by atoms with Gasteiger partial charge in [0.05, 0.1) is 5.02 Å². The number of allylic oxidation sites excluding steroid dienone is 1. The summed E-state index contributed by atoms with van der Waals surface area (Å²) >= 11 is 12.2. The maximum atomic E-state index is 13.5. The van der Waals surface area contributed by atoms with Crippen LogP contribution in [0.3, 0.4) is 0 Å². The van der Waals surface area contributed by atoms with Crippen LogP contribution in [-0.4, -0.2) is 41.3 Å². The van der Waals surface area contributed by atoms with Gasteiger partial charge >= 0.3 is 0 Å². The Hall–Kier alpha value is -1.57. The normalized spacial score (nSPS) is 16.5. The summed E-state index contributed by atoms with van der Waals surface area (Å²) in [6.45, 7) is -0.360. The molecule has 0 spiro atoms. The second-order valence-corrected chi connectivity index (χ2v) is 6.72. The summed E-state index contributed by atoms with van der Waals surface area (Å²) in [5.74, 6) is -1.58. The molecule has 142 valence electrons. The molecule has 0 amide bonds. The largest absolute Gasteiger partial charge is 0.506 e. The van der Waals surface area contributed by atoms with Gasteiger partial charge in [0, 0.05) is 35.5 Å². The van der Waals surface area contributed by atoms with Crippen LogP contribution in [0.4, 0.5) is 13.2 Å². The molecule has 1 unspecified atom stereocenters. The molecule has 2 rings (SSSR count). The molecule has 0 aliphatic heterocycles. The molecule has 0 heterocycles. The van der Waals surface area contributed by atoms with Crippen molar-refractivity contribution in [3.8, 4) is 0 Å². The van der Waals surface area contributed by atoms with Gasteiger partial charge in [-0.2, -0.15) is 0 Å². The minimum absolute atomic E-state index is 0.0366. The van der Waals surface area contributed by atoms with Crippen LogP contribution in [0.2, 0.25) is 10.0 Å². The fourth-order valence-corrected chi connectivity index (χ4v) is 3.25. The third kappa shape index (κ3) is 4.22. The highest BCUT2D eigenvalue weighted by Gasteiger charge is 2.30. The number of aliphatic hydroxyl groups is 1. The number of hydrogen-bond acceptors (Lipinski definition) is 4. The first-order chi connectivity index (χ1) is 12.1. The Morgan fingerprint density at radius 3 is 2.31 bits per heavy atom. The molecule has 1 aliphatic rings. The predicted molar refractivity (Wildman–Crippen MR) is 92.2 cm³/mol. The molecule has 26 heavy (non-hydrogen) atoms. The van der Waals surface area contributed by atoms with Gasteiger partial charge in [-0.25, -0.2) is 13.2 Å². The van der Waals surface area contributed by atoms with Crippen LogP contribution in [0.1, 0.15) is 30.4 Å². The Morgan fingerprint density at radius 2 is 1.77 bits per heavy atom. The molecule has 9 heteroatoms. The molecule has 1 N–H and O–H groups in total. The van der Waals surface area contributed by atoms with Gasteiger partial charge in [0.1, 0.15) is 11.3 Å². The maximum Gasteiger partial charge on any atom is 0.282 e. The second kappa shape index (κ2) is 8.41. The number of halogens is 5. The zero-order chi connectivity index (χ0) is 19.6. The van der Waals surface area contributed by atoms with Crippen molar-refractivity contribution in [1.29, 1.82) is 0 Å². The summed E-state index contributed by atoms with van der Waals surface area (Å²) in [4.78, 5) is 24.7. The van der Waals surface area contributed by atoms with Crippen LogP contribution in [0.5, 0.6) is 0 Å². The second-order valence-electron chi connectivity index (χ2n) is 5.93. The van der Waals surface area contributed by atoms with Gasteiger partial charge in [-0.05, 0) is 25.6 Å². The lowest BCUT2D eigenvalue weighted by molar-refractivity contribution is -0.123. The zero-order valence-corrected chi connectivity index (χ0v) is 15.3. The Balaban J connectivity index is 2.46. The van der Waals surface area contributed by atoms with E-state index < -0.39 is 30.0 Å². The predicted octanol–water partition coefficient (Wildman–Crippen LogP) is 4.58. The first-order valence-electron chi connectivity index (χ1n) is 7.74. The van der Waals surface area contributed by atoms with E-state index in [4.69, 9.17) is 23.2 Å². The average Bonchev–Trinajstić information content (AvgIpc) is 2.57. The first-order valence-corrected chi connectivity index (χ1v) is 8.50. The molecule has 1 saturated carbocycles. The van der Waals surface area contributed by atoms with Gasteiger partial charge < -0.3 is 5.11 Å². The molecule has 1 fully saturated rings. The lowest BCUT2D eigenvalue weighted by atomic mass is 9.89. The van der Waals surface area contributed by atoms with Crippen molar-refractivity contribution in [3.63, 3.8) is 0 Å². The van der Waals surface area contributed by atoms with Crippen LogP contribution in [0.15, 0.2) is 17.7 Å². The minimum Gasteiger partial charge on any atom is -0.506 e. The summed E-state index contributed by atoms with van der Waals surface area (Å²) in [7, 11) is 1.13. The molecule has 1 aliphatic carbocycles. The molecule has 0 bridgehead atoms. The fraction of sp³-hybridized carbons (Fsp3) is 0.412. The van der Waals surface area contributed by atoms with Crippen molar-refractivity contribution in [2.75, 3.05) is 7.05 Å². The third-order valence-electron chi connectivity index (χ3n) is 4.08. The van der Waals surface area contributed by atoms with E-state index in [0.717, 1.165) is 7.05 Å². The van der Waals surface area contributed by atoms with Crippen LogP contribution in [0.25, 0.3) is 5.76 Å². The summed E-state index contributed by atoms with van der Waals surface area (Å²) in [6, 6.07) is 2.64. The summed E-state index contributed by atoms with van der Waals surface area (Å²) in [5, 5.41) is 10.4. The molecule has 1 aromatic carbocycles. The number of alkyl halides is 3. The molecule has 0 saturated heterocycles. The highest BCUT2D eigenvalue weighted by molar-refractivity contribution is 6.37. The van der Waals surface area contributed by atoms with E-state index in [9.17, 15) is 27.9 Å². The highest BCUT2D eigenvalue weighted by atomic mass is 35.5. The van der Waals surface area contributed by atoms with Crippen LogP contribution >= 0.6 is 23.2 Å². The number of nitrogens with zero attached hydrogens (tertiary/aromatic N) is 1. The molecule has 1 aromatic rings. The molecule has 0 aromatic heterocycles. The first kappa shape index (κ1) is 20.7. The van der Waals surface area contributed by atoms with Gasteiger partial charge in [-0.3, -0.25) is 14.5 Å². The monoisotopic (exact) mass is 409 g/mol. The number of aliphatic hydroxyl groups excluding tert-OH is 1. The van der Waals surface area contributed by atoms with E-state index in [1.165, 1.54) is 12.1 Å². The molecule has 1 atom stereocenters. The van der Waals surface area contributed by atoms with Gasteiger partial charge in [-0.15, -0.1) is 0 Å². The third-order valence-corrected chi connectivity index (χ3v) is 4.87. The Bertz CT molecular complexity index is 750. The average molecular weight is 410 g/mol. The molecular formula is C17H16Cl2F3NO3. The van der Waals surface area contributed by atoms with Crippen LogP contribution < -0.4 is 0 Å². The Kier molecular flexibility index (Phi) is 6.71. The number of rotatable bonds is 5. The van der Waals surface area contributed by atoms with Crippen LogP contribution in [-0.2, 0) is 16.1 Å². The number of Topliss-reactive ketones (excluding diaryl/α,β-unsaturated/α-hetero) is 2. The zero-order valence-electron chi connectivity index (χ0n) is 13.7. The van der Waals surface area contributed by atoms with E-state index in [1.54, 1.807) is 0 Å². The number of carbonyl (C=O) groups is 2. The van der Waals surface area contributed by atoms with Crippen molar-refractivity contribution in [2.24, 2.45) is 0 Å². The lowest BCUT2D eigenvalue weighted by Gasteiger charge is -2.23. The van der Waals surface area contributed by atoms with E-state index in [0.29, 0.717) is 11.3 Å². The fourth-order valence-electron chi connectivity index (χ4n) is 2.67. The minimum atomic E-state index is -3.21. The van der Waals surface area contributed by atoms with Crippen molar-refractivity contribution in [3.05, 3.63) is 38.9 Å². The van der Waals surface area contributed by atoms with E-state index in [1.807, 2.05) is 0 Å². The summed E-state index contributed by atoms with van der Waals surface area (Å²) < 4.78 is 38.5. The van der Waals surface area contributed by atoms with Gasteiger partial charge in [0.2, 0.25) is 6.30 Å². The SMILES string of the molecule is CN(Cc1c(Cl)ccc(C(O)=C2C(=O)CCCC2=O)c1Cl)C(F)C(F)F. The quantitative estimate of drug-likeness (QED) is 0.334. The molecule has 4 nitrogen and oxygen atoms in total. The number of hydrogen-bond donors (Lipinski definition) is 1. The topological polar surface area (TPSA) is 57.6 Å². The Labute approximate surface area is 158 Å². The van der Waals surface area contributed by atoms with Gasteiger partial charge in [0.25, 0.3) is 6.43 Å². The van der Waals surface area contributed by atoms with Crippen molar-refractivity contribution in [2.45, 2.75) is 38.5 Å². The van der Waals surface area contributed by atoms with Crippen molar-refractivity contribution < 1.29 is 27.9 Å². The van der Waals surface area contributed by atoms with Crippen LogP contribution in [0, 0.1) is 0 Å². The summed E-state index contributed by atoms with van der Waals surface area (Å²) in [6.07, 6.45) is -5.08. The van der Waals surface area contributed by atoms with Crippen molar-refractivity contribution >= 4 is 40.5 Å². The highest BCUT2D eigenvalue weighted by Crippen LogP contribution is 2.35. The van der Waals surface area contributed by atoms with Gasteiger partial charge in [-0.1, -0.05) is 23.2 Å². The standard InChI is InChI=1S/C17H16Cl2F3NO3/c1-23(17(22)16(20)21)7-9-10(18)6-5-8(14(9)19)15(26)13-11(24)3-2-4-12(13)25/h5-6,16-17,26H,2-4,7H2,1H3. The smallest absolute Gasteiger partial charge is 0.282 e.